The Kier molecular flexibility index (Phi) is 4.81. The van der Waals surface area contributed by atoms with Gasteiger partial charge in [0.25, 0.3) is 0 Å². The molecular weight excluding hydrogens is 266 g/mol. The van der Waals surface area contributed by atoms with Crippen LogP contribution in [0.2, 0.25) is 0 Å². The third-order valence-corrected chi connectivity index (χ3v) is 5.72. The normalized spacial score (nSPS) is 29.2. The number of hydrogen-bond donors (Lipinski definition) is 2. The monoisotopic (exact) mass is 289 g/mol. The van der Waals surface area contributed by atoms with Crippen molar-refractivity contribution in [1.82, 2.24) is 10.2 Å². The van der Waals surface area contributed by atoms with E-state index in [1.807, 2.05) is 0 Å². The van der Waals surface area contributed by atoms with E-state index in [2.05, 4.69) is 10.2 Å². The van der Waals surface area contributed by atoms with Crippen molar-refractivity contribution >= 4 is 15.7 Å². The van der Waals surface area contributed by atoms with Gasteiger partial charge in [-0.15, -0.1) is 0 Å². The summed E-state index contributed by atoms with van der Waals surface area (Å²) in [6, 6.07) is 0.467. The summed E-state index contributed by atoms with van der Waals surface area (Å²) >= 11 is 0. The van der Waals surface area contributed by atoms with Gasteiger partial charge in [-0.2, -0.15) is 0 Å². The van der Waals surface area contributed by atoms with E-state index in [4.69, 9.17) is 5.73 Å². The Bertz CT molecular complexity index is 416. The fourth-order valence-electron chi connectivity index (χ4n) is 2.97. The molecule has 2 saturated heterocycles. The summed E-state index contributed by atoms with van der Waals surface area (Å²) in [5.74, 6) is 0.321. The van der Waals surface area contributed by atoms with Crippen molar-refractivity contribution < 1.29 is 13.2 Å². The van der Waals surface area contributed by atoms with Crippen molar-refractivity contribution in [3.63, 3.8) is 0 Å². The summed E-state index contributed by atoms with van der Waals surface area (Å²) < 4.78 is 23.2. The van der Waals surface area contributed by atoms with Gasteiger partial charge in [0.05, 0.1) is 18.1 Å². The molecule has 0 radical (unpaired) electrons. The summed E-state index contributed by atoms with van der Waals surface area (Å²) in [5, 5.41) is 3.47. The number of likely N-dealkylation sites (tertiary alicyclic amines) is 1. The Morgan fingerprint density at radius 2 is 1.89 bits per heavy atom. The maximum atomic E-state index is 11.6. The van der Waals surface area contributed by atoms with E-state index in [9.17, 15) is 13.2 Å². The number of primary amides is 1. The van der Waals surface area contributed by atoms with Crippen molar-refractivity contribution in [2.24, 2.45) is 5.73 Å². The van der Waals surface area contributed by atoms with Crippen LogP contribution in [0.3, 0.4) is 0 Å². The van der Waals surface area contributed by atoms with Crippen molar-refractivity contribution in [1.29, 1.82) is 0 Å². The molecule has 1 unspecified atom stereocenters. The number of rotatable bonds is 4. The first-order valence-corrected chi connectivity index (χ1v) is 8.74. The molecule has 6 nitrogen and oxygen atoms in total. The van der Waals surface area contributed by atoms with Gasteiger partial charge in [0, 0.05) is 25.2 Å². The maximum absolute atomic E-state index is 11.6. The molecule has 2 aliphatic heterocycles. The second-order valence-corrected chi connectivity index (χ2v) is 7.87. The highest BCUT2D eigenvalue weighted by molar-refractivity contribution is 7.91. The van der Waals surface area contributed by atoms with Crippen LogP contribution in [0.4, 0.5) is 0 Å². The molecule has 1 amide bonds. The summed E-state index contributed by atoms with van der Waals surface area (Å²) in [6.07, 6.45) is 3.61. The van der Waals surface area contributed by atoms with Crippen molar-refractivity contribution in [3.8, 4) is 0 Å². The molecule has 1 atom stereocenters. The first kappa shape index (κ1) is 14.7. The molecule has 19 heavy (non-hydrogen) atoms. The van der Waals surface area contributed by atoms with Crippen LogP contribution in [0.1, 0.15) is 25.7 Å². The summed E-state index contributed by atoms with van der Waals surface area (Å²) in [7, 11) is -2.84. The van der Waals surface area contributed by atoms with Gasteiger partial charge in [0.2, 0.25) is 5.91 Å². The SMILES string of the molecule is NC(=O)CN1CCC(NC2CCCS(=O)(=O)C2)CC1. The number of nitrogens with zero attached hydrogens (tertiary/aromatic N) is 1. The Labute approximate surface area is 114 Å². The largest absolute Gasteiger partial charge is 0.369 e. The average molecular weight is 289 g/mol. The zero-order chi connectivity index (χ0) is 13.9. The predicted octanol–water partition coefficient (Wildman–Crippen LogP) is -0.897. The van der Waals surface area contributed by atoms with Gasteiger partial charge in [0.1, 0.15) is 0 Å². The van der Waals surface area contributed by atoms with Crippen LogP contribution in [-0.4, -0.2) is 62.4 Å². The minimum Gasteiger partial charge on any atom is -0.369 e. The number of carbonyl (C=O) groups is 1. The lowest BCUT2D eigenvalue weighted by molar-refractivity contribution is -0.119. The average Bonchev–Trinajstić information content (AvgIpc) is 2.30. The molecule has 0 aliphatic carbocycles. The van der Waals surface area contributed by atoms with Gasteiger partial charge in [-0.1, -0.05) is 0 Å². The van der Waals surface area contributed by atoms with Crippen molar-refractivity contribution in [2.45, 2.75) is 37.8 Å². The number of piperidine rings is 1. The fraction of sp³-hybridized carbons (Fsp3) is 0.917. The quantitative estimate of drug-likeness (QED) is 0.700. The van der Waals surface area contributed by atoms with Crippen LogP contribution in [-0.2, 0) is 14.6 Å². The Morgan fingerprint density at radius 1 is 1.21 bits per heavy atom. The Hall–Kier alpha value is -0.660. The molecule has 0 aromatic rings. The molecule has 2 rings (SSSR count). The first-order valence-electron chi connectivity index (χ1n) is 6.92. The molecule has 7 heteroatoms. The summed E-state index contributed by atoms with van der Waals surface area (Å²) in [4.78, 5) is 12.9. The lowest BCUT2D eigenvalue weighted by Gasteiger charge is -2.34. The molecule has 2 heterocycles. The van der Waals surface area contributed by atoms with E-state index in [1.165, 1.54) is 0 Å². The van der Waals surface area contributed by atoms with Gasteiger partial charge in [-0.25, -0.2) is 8.42 Å². The van der Waals surface area contributed by atoms with Gasteiger partial charge >= 0.3 is 0 Å². The third-order valence-electron chi connectivity index (χ3n) is 3.90. The van der Waals surface area contributed by atoms with E-state index in [0.717, 1.165) is 38.8 Å². The highest BCUT2D eigenvalue weighted by Gasteiger charge is 2.28. The second kappa shape index (κ2) is 6.19. The smallest absolute Gasteiger partial charge is 0.231 e. The zero-order valence-electron chi connectivity index (χ0n) is 11.2. The summed E-state index contributed by atoms with van der Waals surface area (Å²) in [5.41, 5.74) is 5.17. The zero-order valence-corrected chi connectivity index (χ0v) is 12.0. The lowest BCUT2D eigenvalue weighted by Crippen LogP contribution is -2.50. The Balaban J connectivity index is 1.75. The first-order chi connectivity index (χ1) is 8.94. The number of carbonyl (C=O) groups excluding carboxylic acids is 1. The highest BCUT2D eigenvalue weighted by Crippen LogP contribution is 2.16. The molecule has 0 aromatic heterocycles. The molecule has 110 valence electrons. The van der Waals surface area contributed by atoms with Crippen molar-refractivity contribution in [2.75, 3.05) is 31.1 Å². The molecule has 2 fully saturated rings. The van der Waals surface area contributed by atoms with Gasteiger partial charge in [-0.05, 0) is 25.7 Å². The molecule has 3 N–H and O–H groups in total. The van der Waals surface area contributed by atoms with E-state index in [1.54, 1.807) is 0 Å². The highest BCUT2D eigenvalue weighted by atomic mass is 32.2. The van der Waals surface area contributed by atoms with Crippen LogP contribution < -0.4 is 11.1 Å². The van der Waals surface area contributed by atoms with E-state index < -0.39 is 9.84 Å². The van der Waals surface area contributed by atoms with Crippen LogP contribution in [0.15, 0.2) is 0 Å². The Morgan fingerprint density at radius 3 is 2.47 bits per heavy atom. The van der Waals surface area contributed by atoms with E-state index in [0.29, 0.717) is 18.3 Å². The lowest BCUT2D eigenvalue weighted by atomic mass is 10.0. The van der Waals surface area contributed by atoms with E-state index >= 15 is 0 Å². The summed E-state index contributed by atoms with van der Waals surface area (Å²) in [6.45, 7) is 2.02. The van der Waals surface area contributed by atoms with Crippen LogP contribution in [0.5, 0.6) is 0 Å². The molecule has 0 bridgehead atoms. The van der Waals surface area contributed by atoms with Crippen LogP contribution in [0.25, 0.3) is 0 Å². The molecule has 2 aliphatic rings. The van der Waals surface area contributed by atoms with E-state index in [-0.39, 0.29) is 17.7 Å². The molecule has 0 spiro atoms. The maximum Gasteiger partial charge on any atom is 0.231 e. The second-order valence-electron chi connectivity index (χ2n) is 5.64. The minimum atomic E-state index is -2.84. The predicted molar refractivity (Wildman–Crippen MR) is 73.5 cm³/mol. The van der Waals surface area contributed by atoms with Gasteiger partial charge < -0.3 is 11.1 Å². The third kappa shape index (κ3) is 4.74. The van der Waals surface area contributed by atoms with Gasteiger partial charge in [-0.3, -0.25) is 9.69 Å². The molecule has 0 aromatic carbocycles. The standard InChI is InChI=1S/C12H23N3O3S/c13-12(16)8-15-5-3-10(4-6-15)14-11-2-1-7-19(17,18)9-11/h10-11,14H,1-9H2,(H2,13,16). The van der Waals surface area contributed by atoms with Crippen LogP contribution >= 0.6 is 0 Å². The fourth-order valence-corrected chi connectivity index (χ4v) is 4.61. The van der Waals surface area contributed by atoms with Crippen molar-refractivity contribution in [3.05, 3.63) is 0 Å². The minimum absolute atomic E-state index is 0.103. The molecule has 0 saturated carbocycles. The topological polar surface area (TPSA) is 92.5 Å². The number of nitrogens with two attached hydrogens (primary N) is 1. The number of hydrogen-bond acceptors (Lipinski definition) is 5. The number of amides is 1. The number of nitrogens with one attached hydrogen (secondary N) is 1. The van der Waals surface area contributed by atoms with Crippen LogP contribution in [0, 0.1) is 0 Å². The van der Waals surface area contributed by atoms with Gasteiger partial charge in [0.15, 0.2) is 9.84 Å². The number of sulfone groups is 1. The molecular formula is C12H23N3O3S.